The fourth-order valence-electron chi connectivity index (χ4n) is 3.23. The quantitative estimate of drug-likeness (QED) is 0.754. The highest BCUT2D eigenvalue weighted by molar-refractivity contribution is 9.10. The number of anilines is 1. The molecule has 1 aliphatic heterocycles. The summed E-state index contributed by atoms with van der Waals surface area (Å²) in [6, 6.07) is 11.5. The third-order valence-corrected chi connectivity index (χ3v) is 5.51. The lowest BCUT2D eigenvalue weighted by Crippen LogP contribution is -2.47. The molecule has 0 aromatic heterocycles. The van der Waals surface area contributed by atoms with Gasteiger partial charge in [-0.3, -0.25) is 4.79 Å². The molecule has 2 aromatic carbocycles. The largest absolute Gasteiger partial charge is 0.493 e. The number of hydrogen-bond acceptors (Lipinski definition) is 4. The summed E-state index contributed by atoms with van der Waals surface area (Å²) in [5, 5.41) is 3.52. The summed E-state index contributed by atoms with van der Waals surface area (Å²) in [6.07, 6.45) is 0.554. The Hall–Kier alpha value is -2.21. The van der Waals surface area contributed by atoms with Gasteiger partial charge in [0, 0.05) is 21.8 Å². The molecule has 2 aromatic rings. The van der Waals surface area contributed by atoms with Crippen molar-refractivity contribution in [1.82, 2.24) is 4.90 Å². The van der Waals surface area contributed by atoms with Crippen molar-refractivity contribution in [3.63, 3.8) is 0 Å². The molecular formula is C20H23BrN2O3. The van der Waals surface area contributed by atoms with Crippen LogP contribution in [0, 0.1) is 0 Å². The normalized spacial score (nSPS) is 17.3. The third-order valence-electron chi connectivity index (χ3n) is 4.83. The molecule has 1 heterocycles. The van der Waals surface area contributed by atoms with Crippen LogP contribution in [-0.4, -0.2) is 31.1 Å². The van der Waals surface area contributed by atoms with E-state index >= 15 is 0 Å². The zero-order valence-electron chi connectivity index (χ0n) is 15.4. The number of hydrogen-bond donors (Lipinski definition) is 1. The van der Waals surface area contributed by atoms with Crippen molar-refractivity contribution in [1.29, 1.82) is 0 Å². The van der Waals surface area contributed by atoms with Crippen LogP contribution in [-0.2, 0) is 0 Å². The first kappa shape index (κ1) is 18.6. The van der Waals surface area contributed by atoms with Gasteiger partial charge in [0.25, 0.3) is 5.91 Å². The summed E-state index contributed by atoms with van der Waals surface area (Å²) in [6.45, 7) is 4.15. The monoisotopic (exact) mass is 418 g/mol. The van der Waals surface area contributed by atoms with E-state index in [-0.39, 0.29) is 18.1 Å². The van der Waals surface area contributed by atoms with Gasteiger partial charge in [-0.05, 0) is 37.6 Å². The van der Waals surface area contributed by atoms with Crippen molar-refractivity contribution in [2.75, 3.05) is 19.5 Å². The summed E-state index contributed by atoms with van der Waals surface area (Å²) in [5.41, 5.74) is 2.45. The maximum absolute atomic E-state index is 13.2. The highest BCUT2D eigenvalue weighted by atomic mass is 79.9. The van der Waals surface area contributed by atoms with E-state index in [0.717, 1.165) is 22.1 Å². The van der Waals surface area contributed by atoms with E-state index in [9.17, 15) is 4.79 Å². The van der Waals surface area contributed by atoms with Gasteiger partial charge in [-0.15, -0.1) is 0 Å². The molecule has 1 N–H and O–H groups in total. The zero-order chi connectivity index (χ0) is 18.8. The molecule has 0 spiro atoms. The number of fused-ring (bicyclic) bond motifs is 1. The van der Waals surface area contributed by atoms with Gasteiger partial charge in [0.05, 0.1) is 19.8 Å². The number of nitrogens with zero attached hydrogens (tertiary/aromatic N) is 1. The van der Waals surface area contributed by atoms with Gasteiger partial charge in [0.15, 0.2) is 11.5 Å². The van der Waals surface area contributed by atoms with E-state index < -0.39 is 0 Å². The van der Waals surface area contributed by atoms with E-state index in [1.165, 1.54) is 0 Å². The van der Waals surface area contributed by atoms with Crippen molar-refractivity contribution >= 4 is 27.5 Å². The topological polar surface area (TPSA) is 50.8 Å². The first-order valence-corrected chi connectivity index (χ1v) is 9.40. The van der Waals surface area contributed by atoms with Crippen LogP contribution in [0.15, 0.2) is 40.9 Å². The molecule has 0 fully saturated rings. The molecule has 3 rings (SSSR count). The molecule has 138 valence electrons. The van der Waals surface area contributed by atoms with Gasteiger partial charge in [0.2, 0.25) is 0 Å². The summed E-state index contributed by atoms with van der Waals surface area (Å²) in [4.78, 5) is 15.1. The third kappa shape index (κ3) is 3.14. The van der Waals surface area contributed by atoms with Crippen LogP contribution in [0.25, 0.3) is 0 Å². The van der Waals surface area contributed by atoms with Crippen molar-refractivity contribution in [3.05, 3.63) is 52.0 Å². The van der Waals surface area contributed by atoms with Crippen LogP contribution in [0.2, 0.25) is 0 Å². The number of methoxy groups -OCH3 is 2. The molecule has 0 saturated heterocycles. The first-order chi connectivity index (χ1) is 12.5. The fourth-order valence-corrected chi connectivity index (χ4v) is 3.77. The van der Waals surface area contributed by atoms with Gasteiger partial charge in [-0.2, -0.15) is 0 Å². The van der Waals surface area contributed by atoms with Crippen molar-refractivity contribution in [3.8, 4) is 11.5 Å². The minimum absolute atomic E-state index is 0.0281. The SMILES string of the molecule is CC[C@H](C)N1C(=O)c2ccccc2N[C@@H]1c1cc(OC)c(OC)cc1Br. The highest BCUT2D eigenvalue weighted by Crippen LogP contribution is 2.41. The average molecular weight is 419 g/mol. The standard InChI is InChI=1S/C20H23BrN2O3/c1-5-12(2)23-19(22-16-9-7-6-8-13(16)20(23)24)14-10-17(25-3)18(26-4)11-15(14)21/h6-12,19,22H,5H2,1-4H3/t12-,19-/m0/s1. The number of para-hydroxylation sites is 1. The Labute approximate surface area is 162 Å². The summed E-state index contributed by atoms with van der Waals surface area (Å²) in [7, 11) is 3.21. The molecule has 0 radical (unpaired) electrons. The number of carbonyl (C=O) groups excluding carboxylic acids is 1. The average Bonchev–Trinajstić information content (AvgIpc) is 2.67. The van der Waals surface area contributed by atoms with Crippen LogP contribution >= 0.6 is 15.9 Å². The fraction of sp³-hybridized carbons (Fsp3) is 0.350. The number of rotatable bonds is 5. The summed E-state index contributed by atoms with van der Waals surface area (Å²) in [5.74, 6) is 1.30. The Morgan fingerprint density at radius 1 is 1.19 bits per heavy atom. The summed E-state index contributed by atoms with van der Waals surface area (Å²) >= 11 is 3.63. The van der Waals surface area contributed by atoms with Crippen molar-refractivity contribution in [2.24, 2.45) is 0 Å². The Morgan fingerprint density at radius 2 is 1.85 bits per heavy atom. The lowest BCUT2D eigenvalue weighted by Gasteiger charge is -2.42. The summed E-state index contributed by atoms with van der Waals surface area (Å²) < 4.78 is 11.7. The lowest BCUT2D eigenvalue weighted by atomic mass is 10.0. The molecule has 0 unspecified atom stereocenters. The smallest absolute Gasteiger partial charge is 0.258 e. The van der Waals surface area contributed by atoms with Crippen molar-refractivity contribution in [2.45, 2.75) is 32.5 Å². The van der Waals surface area contributed by atoms with Gasteiger partial charge in [0.1, 0.15) is 6.17 Å². The van der Waals surface area contributed by atoms with E-state index in [4.69, 9.17) is 9.47 Å². The number of halogens is 1. The molecule has 1 aliphatic rings. The number of nitrogens with one attached hydrogen (secondary N) is 1. The second-order valence-electron chi connectivity index (χ2n) is 6.29. The zero-order valence-corrected chi connectivity index (χ0v) is 17.0. The minimum Gasteiger partial charge on any atom is -0.493 e. The molecule has 2 atom stereocenters. The molecule has 6 heteroatoms. The highest BCUT2D eigenvalue weighted by Gasteiger charge is 2.36. The Morgan fingerprint density at radius 3 is 2.50 bits per heavy atom. The molecular weight excluding hydrogens is 396 g/mol. The van der Waals surface area contributed by atoms with Gasteiger partial charge in [-0.25, -0.2) is 0 Å². The lowest BCUT2D eigenvalue weighted by molar-refractivity contribution is 0.0592. The maximum Gasteiger partial charge on any atom is 0.258 e. The van der Waals surface area contributed by atoms with E-state index in [2.05, 4.69) is 35.1 Å². The molecule has 0 bridgehead atoms. The number of ether oxygens (including phenoxy) is 2. The number of carbonyl (C=O) groups is 1. The Bertz CT molecular complexity index is 825. The second kappa shape index (κ2) is 7.58. The maximum atomic E-state index is 13.2. The van der Waals surface area contributed by atoms with Crippen LogP contribution < -0.4 is 14.8 Å². The molecule has 1 amide bonds. The van der Waals surface area contributed by atoms with E-state index in [1.807, 2.05) is 41.3 Å². The second-order valence-corrected chi connectivity index (χ2v) is 7.15. The van der Waals surface area contributed by atoms with Crippen LogP contribution in [0.5, 0.6) is 11.5 Å². The molecule has 0 saturated carbocycles. The van der Waals surface area contributed by atoms with E-state index in [1.54, 1.807) is 14.2 Å². The van der Waals surface area contributed by atoms with Crippen LogP contribution in [0.3, 0.4) is 0 Å². The van der Waals surface area contributed by atoms with Crippen molar-refractivity contribution < 1.29 is 14.3 Å². The van der Waals surface area contributed by atoms with Crippen LogP contribution in [0.1, 0.15) is 42.4 Å². The minimum atomic E-state index is -0.304. The molecule has 5 nitrogen and oxygen atoms in total. The molecule has 26 heavy (non-hydrogen) atoms. The Kier molecular flexibility index (Phi) is 5.41. The molecule has 0 aliphatic carbocycles. The predicted molar refractivity (Wildman–Crippen MR) is 106 cm³/mol. The van der Waals surface area contributed by atoms with Gasteiger partial charge in [-0.1, -0.05) is 35.0 Å². The van der Waals surface area contributed by atoms with Gasteiger partial charge >= 0.3 is 0 Å². The van der Waals surface area contributed by atoms with E-state index in [0.29, 0.717) is 17.1 Å². The van der Waals surface area contributed by atoms with Gasteiger partial charge < -0.3 is 19.7 Å². The number of benzene rings is 2. The van der Waals surface area contributed by atoms with Crippen LogP contribution in [0.4, 0.5) is 5.69 Å². The first-order valence-electron chi connectivity index (χ1n) is 8.61. The Balaban J connectivity index is 2.14. The predicted octanol–water partition coefficient (Wildman–Crippen LogP) is 4.83. The number of amides is 1.